The van der Waals surface area contributed by atoms with Gasteiger partial charge in [-0.05, 0) is 26.7 Å². The first kappa shape index (κ1) is 12.9. The van der Waals surface area contributed by atoms with Gasteiger partial charge in [0.25, 0.3) is 10.1 Å². The molecule has 1 aliphatic rings. The minimum Gasteiger partial charge on any atom is -0.348 e. The van der Waals surface area contributed by atoms with E-state index >= 15 is 0 Å². The monoisotopic (exact) mass is 238 g/mol. The Morgan fingerprint density at radius 2 is 2.13 bits per heavy atom. The summed E-state index contributed by atoms with van der Waals surface area (Å²) < 4.78 is 36.8. The van der Waals surface area contributed by atoms with Crippen LogP contribution >= 0.6 is 0 Å². The Hall–Kier alpha value is -0.170. The largest absolute Gasteiger partial charge is 0.348 e. The first-order valence-corrected chi connectivity index (χ1v) is 6.76. The molecule has 0 N–H and O–H groups in total. The molecule has 0 amide bonds. The van der Waals surface area contributed by atoms with Crippen molar-refractivity contribution in [1.82, 2.24) is 0 Å². The molecule has 0 aromatic rings. The van der Waals surface area contributed by atoms with Crippen LogP contribution in [0.2, 0.25) is 0 Å². The van der Waals surface area contributed by atoms with E-state index in [2.05, 4.69) is 4.18 Å². The second-order valence-corrected chi connectivity index (χ2v) is 5.76. The minimum atomic E-state index is -3.31. The van der Waals surface area contributed by atoms with E-state index in [0.29, 0.717) is 13.0 Å². The van der Waals surface area contributed by atoms with Crippen molar-refractivity contribution < 1.29 is 22.1 Å². The van der Waals surface area contributed by atoms with Crippen LogP contribution in [0.4, 0.5) is 0 Å². The summed E-state index contributed by atoms with van der Waals surface area (Å²) >= 11 is 0. The average Bonchev–Trinajstić information content (AvgIpc) is 2.38. The second-order valence-electron chi connectivity index (χ2n) is 4.12. The van der Waals surface area contributed by atoms with Gasteiger partial charge in [-0.25, -0.2) is 0 Å². The number of hydrogen-bond acceptors (Lipinski definition) is 5. The van der Waals surface area contributed by atoms with Crippen molar-refractivity contribution in [3.63, 3.8) is 0 Å². The van der Waals surface area contributed by atoms with E-state index in [4.69, 9.17) is 9.47 Å². The van der Waals surface area contributed by atoms with Crippen LogP contribution in [-0.2, 0) is 23.8 Å². The first-order valence-electron chi connectivity index (χ1n) is 4.95. The van der Waals surface area contributed by atoms with Crippen molar-refractivity contribution in [2.24, 2.45) is 0 Å². The van der Waals surface area contributed by atoms with E-state index < -0.39 is 15.9 Å². The Kier molecular flexibility index (Phi) is 4.11. The highest BCUT2D eigenvalue weighted by molar-refractivity contribution is 7.85. The van der Waals surface area contributed by atoms with Crippen LogP contribution in [0, 0.1) is 0 Å². The molecule has 1 fully saturated rings. The van der Waals surface area contributed by atoms with Crippen molar-refractivity contribution in [3.8, 4) is 0 Å². The topological polar surface area (TPSA) is 61.8 Å². The van der Waals surface area contributed by atoms with Crippen molar-refractivity contribution in [2.45, 2.75) is 38.6 Å². The molecule has 5 nitrogen and oxygen atoms in total. The van der Waals surface area contributed by atoms with Crippen LogP contribution in [0.1, 0.15) is 26.7 Å². The Balaban J connectivity index is 2.12. The summed E-state index contributed by atoms with van der Waals surface area (Å²) in [4.78, 5) is 0. The zero-order valence-electron chi connectivity index (χ0n) is 9.36. The van der Waals surface area contributed by atoms with E-state index in [0.717, 1.165) is 12.7 Å². The van der Waals surface area contributed by atoms with E-state index in [1.807, 2.05) is 13.8 Å². The van der Waals surface area contributed by atoms with E-state index in [1.54, 1.807) is 0 Å². The van der Waals surface area contributed by atoms with Gasteiger partial charge in [-0.3, -0.25) is 4.18 Å². The van der Waals surface area contributed by atoms with Gasteiger partial charge in [0.15, 0.2) is 5.79 Å². The van der Waals surface area contributed by atoms with Gasteiger partial charge in [0.05, 0.1) is 25.6 Å². The first-order chi connectivity index (χ1) is 6.79. The fourth-order valence-electron chi connectivity index (χ4n) is 1.43. The third-order valence-electron chi connectivity index (χ3n) is 2.04. The fourth-order valence-corrected chi connectivity index (χ4v) is 1.85. The van der Waals surface area contributed by atoms with Crippen LogP contribution in [-0.4, -0.2) is 39.8 Å². The smallest absolute Gasteiger partial charge is 0.264 e. The Morgan fingerprint density at radius 1 is 1.47 bits per heavy atom. The van der Waals surface area contributed by atoms with Gasteiger partial charge >= 0.3 is 0 Å². The molecule has 0 aromatic heterocycles. The molecule has 0 aromatic carbocycles. The van der Waals surface area contributed by atoms with Crippen LogP contribution in [0.3, 0.4) is 0 Å². The summed E-state index contributed by atoms with van der Waals surface area (Å²) in [5.74, 6) is -0.512. The highest BCUT2D eigenvalue weighted by Gasteiger charge is 2.31. The fraction of sp³-hybridized carbons (Fsp3) is 1.00. The van der Waals surface area contributed by atoms with Crippen molar-refractivity contribution >= 4 is 10.1 Å². The third-order valence-corrected chi connectivity index (χ3v) is 2.63. The van der Waals surface area contributed by atoms with Crippen molar-refractivity contribution in [1.29, 1.82) is 0 Å². The molecule has 1 atom stereocenters. The van der Waals surface area contributed by atoms with E-state index in [9.17, 15) is 8.42 Å². The van der Waals surface area contributed by atoms with Crippen molar-refractivity contribution in [2.75, 3.05) is 19.5 Å². The van der Waals surface area contributed by atoms with Crippen LogP contribution in [0.15, 0.2) is 0 Å². The molecule has 1 aliphatic heterocycles. The number of hydrogen-bond donors (Lipinski definition) is 0. The normalized spacial score (nSPS) is 25.7. The molecular weight excluding hydrogens is 220 g/mol. The quantitative estimate of drug-likeness (QED) is 0.526. The Morgan fingerprint density at radius 3 is 2.60 bits per heavy atom. The summed E-state index contributed by atoms with van der Waals surface area (Å²) in [6.45, 7) is 4.49. The van der Waals surface area contributed by atoms with E-state index in [1.165, 1.54) is 0 Å². The molecule has 0 aliphatic carbocycles. The molecular formula is C9H18O5S. The number of rotatable bonds is 5. The molecule has 6 heteroatoms. The molecule has 0 saturated carbocycles. The maximum atomic E-state index is 10.7. The van der Waals surface area contributed by atoms with Gasteiger partial charge in [0.2, 0.25) is 0 Å². The lowest BCUT2D eigenvalue weighted by Gasteiger charge is -2.16. The summed E-state index contributed by atoms with van der Waals surface area (Å²) in [6.07, 6.45) is 2.49. The summed E-state index contributed by atoms with van der Waals surface area (Å²) in [6, 6.07) is 0. The minimum absolute atomic E-state index is 0.0446. The van der Waals surface area contributed by atoms with Gasteiger partial charge in [-0.1, -0.05) is 0 Å². The predicted molar refractivity (Wildman–Crippen MR) is 54.9 cm³/mol. The predicted octanol–water partition coefficient (Wildman–Crippen LogP) is 0.894. The molecule has 1 saturated heterocycles. The maximum Gasteiger partial charge on any atom is 0.264 e. The van der Waals surface area contributed by atoms with Gasteiger partial charge in [-0.2, -0.15) is 8.42 Å². The van der Waals surface area contributed by atoms with Crippen LogP contribution < -0.4 is 0 Å². The highest BCUT2D eigenvalue weighted by Crippen LogP contribution is 2.24. The van der Waals surface area contributed by atoms with Crippen LogP contribution in [0.25, 0.3) is 0 Å². The number of ether oxygens (including phenoxy) is 2. The highest BCUT2D eigenvalue weighted by atomic mass is 32.2. The molecule has 1 rings (SSSR count). The van der Waals surface area contributed by atoms with Gasteiger partial charge in [0, 0.05) is 0 Å². The van der Waals surface area contributed by atoms with E-state index in [-0.39, 0.29) is 12.7 Å². The average molecular weight is 238 g/mol. The molecule has 0 radical (unpaired) electrons. The lowest BCUT2D eigenvalue weighted by Crippen LogP contribution is -2.21. The van der Waals surface area contributed by atoms with Gasteiger partial charge in [0.1, 0.15) is 0 Å². The Bertz CT molecular complexity index is 296. The maximum absolute atomic E-state index is 10.7. The zero-order chi connectivity index (χ0) is 11.5. The standard InChI is InChI=1S/C9H18O5S/c1-9(2)12-7-8(14-9)5-4-6-13-15(3,10)11/h8H,4-7H2,1-3H3. The molecule has 15 heavy (non-hydrogen) atoms. The molecule has 1 heterocycles. The Labute approximate surface area is 90.8 Å². The molecule has 0 bridgehead atoms. The SMILES string of the molecule is CC1(C)OCC(CCCOS(C)(=O)=O)O1. The lowest BCUT2D eigenvalue weighted by atomic mass is 10.2. The summed E-state index contributed by atoms with van der Waals surface area (Å²) in [7, 11) is -3.31. The molecule has 1 unspecified atom stereocenters. The van der Waals surface area contributed by atoms with Gasteiger partial charge < -0.3 is 9.47 Å². The second kappa shape index (κ2) is 4.78. The lowest BCUT2D eigenvalue weighted by molar-refractivity contribution is -0.139. The van der Waals surface area contributed by atoms with Crippen molar-refractivity contribution in [3.05, 3.63) is 0 Å². The molecule has 0 spiro atoms. The van der Waals surface area contributed by atoms with Gasteiger partial charge in [-0.15, -0.1) is 0 Å². The summed E-state index contributed by atoms with van der Waals surface area (Å²) in [5, 5.41) is 0. The molecule has 90 valence electrons. The summed E-state index contributed by atoms with van der Waals surface area (Å²) in [5.41, 5.74) is 0. The van der Waals surface area contributed by atoms with Crippen LogP contribution in [0.5, 0.6) is 0 Å². The zero-order valence-corrected chi connectivity index (χ0v) is 10.2. The third kappa shape index (κ3) is 5.46.